The molecule has 1 heterocycles. The van der Waals surface area contributed by atoms with Gasteiger partial charge in [-0.2, -0.15) is 0 Å². The zero-order valence-corrected chi connectivity index (χ0v) is 15.6. The Balaban J connectivity index is 1.82. The Kier molecular flexibility index (Phi) is 5.31. The molecule has 0 spiro atoms. The van der Waals surface area contributed by atoms with E-state index >= 15 is 0 Å². The summed E-state index contributed by atoms with van der Waals surface area (Å²) in [5.74, 6) is 0.594. The van der Waals surface area contributed by atoms with Crippen LogP contribution in [0.4, 0.5) is 5.69 Å². The summed E-state index contributed by atoms with van der Waals surface area (Å²) >= 11 is 3.53. The van der Waals surface area contributed by atoms with Gasteiger partial charge < -0.3 is 4.57 Å². The zero-order chi connectivity index (χ0) is 16.9. The second-order valence-electron chi connectivity index (χ2n) is 5.94. The molecular weight excluding hydrogens is 360 g/mol. The lowest BCUT2D eigenvalue weighted by Gasteiger charge is -2.08. The summed E-state index contributed by atoms with van der Waals surface area (Å²) in [6, 6.07) is 20.9. The number of rotatable bonds is 5. The average Bonchev–Trinajstić information content (AvgIpc) is 3.08. The van der Waals surface area contributed by atoms with Crippen LogP contribution in [0.15, 0.2) is 76.3 Å². The third-order valence-corrected chi connectivity index (χ3v) is 4.78. The first-order chi connectivity index (χ1) is 11.7. The molecule has 0 N–H and O–H groups in total. The van der Waals surface area contributed by atoms with Crippen LogP contribution in [0.5, 0.6) is 0 Å². The summed E-state index contributed by atoms with van der Waals surface area (Å²) in [6.07, 6.45) is 5.12. The normalized spacial score (nSPS) is 12.6. The quantitative estimate of drug-likeness (QED) is 0.449. The maximum absolute atomic E-state index is 4.63. The molecule has 0 saturated carbocycles. The van der Waals surface area contributed by atoms with E-state index in [0.29, 0.717) is 5.92 Å². The highest BCUT2D eigenvalue weighted by molar-refractivity contribution is 9.10. The highest BCUT2D eigenvalue weighted by atomic mass is 79.9. The predicted octanol–water partition coefficient (Wildman–Crippen LogP) is 6.50. The Hall–Kier alpha value is -2.13. The molecule has 3 heteroatoms. The largest absolute Gasteiger partial charge is 0.316 e. The monoisotopic (exact) mass is 380 g/mol. The first kappa shape index (κ1) is 16.7. The van der Waals surface area contributed by atoms with Gasteiger partial charge in [-0.05, 0) is 60.4 Å². The molecule has 3 rings (SSSR count). The highest BCUT2D eigenvalue weighted by Gasteiger charge is 2.03. The number of aromatic nitrogens is 1. The second kappa shape index (κ2) is 7.63. The molecule has 0 saturated heterocycles. The van der Waals surface area contributed by atoms with E-state index in [2.05, 4.69) is 88.0 Å². The molecule has 0 radical (unpaired) electrons. The van der Waals surface area contributed by atoms with Crippen LogP contribution in [0.3, 0.4) is 0 Å². The molecule has 2 nitrogen and oxygen atoms in total. The SMILES string of the molecule is CC[C@H](C)c1ccc(N=Cc2cccn2-c2cccc(Br)c2)cc1. The smallest absolute Gasteiger partial charge is 0.0639 e. The van der Waals surface area contributed by atoms with Crippen molar-refractivity contribution in [3.05, 3.63) is 82.6 Å². The Labute approximate surface area is 152 Å². The van der Waals surface area contributed by atoms with Crippen LogP contribution in [-0.2, 0) is 0 Å². The number of benzene rings is 2. The number of halogens is 1. The number of aliphatic imine (C=N–C) groups is 1. The van der Waals surface area contributed by atoms with Crippen LogP contribution in [0.2, 0.25) is 0 Å². The molecule has 3 aromatic rings. The summed E-state index contributed by atoms with van der Waals surface area (Å²) < 4.78 is 3.19. The average molecular weight is 381 g/mol. The fourth-order valence-corrected chi connectivity index (χ4v) is 3.01. The van der Waals surface area contributed by atoms with Gasteiger partial charge in [0.15, 0.2) is 0 Å². The summed E-state index contributed by atoms with van der Waals surface area (Å²) in [7, 11) is 0. The fraction of sp³-hybridized carbons (Fsp3) is 0.190. The number of hydrogen-bond acceptors (Lipinski definition) is 1. The van der Waals surface area contributed by atoms with E-state index in [1.807, 2.05) is 24.4 Å². The lowest BCUT2D eigenvalue weighted by Crippen LogP contribution is -1.97. The molecule has 0 unspecified atom stereocenters. The standard InChI is InChI=1S/C21H21BrN2/c1-3-16(2)17-9-11-19(12-10-17)23-15-21-8-5-13-24(21)20-7-4-6-18(22)14-20/h4-16H,3H2,1-2H3/t16-/m0/s1. The summed E-state index contributed by atoms with van der Waals surface area (Å²) in [5, 5.41) is 0. The molecule has 0 amide bonds. The lowest BCUT2D eigenvalue weighted by atomic mass is 9.99. The van der Waals surface area contributed by atoms with Crippen molar-refractivity contribution in [1.29, 1.82) is 0 Å². The summed E-state index contributed by atoms with van der Waals surface area (Å²) in [4.78, 5) is 4.63. The van der Waals surface area contributed by atoms with Gasteiger partial charge in [0.05, 0.1) is 17.6 Å². The van der Waals surface area contributed by atoms with E-state index in [1.54, 1.807) is 0 Å². The second-order valence-corrected chi connectivity index (χ2v) is 6.86. The molecule has 0 aliphatic heterocycles. The van der Waals surface area contributed by atoms with Crippen molar-refractivity contribution in [3.8, 4) is 5.69 Å². The predicted molar refractivity (Wildman–Crippen MR) is 106 cm³/mol. The zero-order valence-electron chi connectivity index (χ0n) is 14.0. The third-order valence-electron chi connectivity index (χ3n) is 4.29. The first-order valence-electron chi connectivity index (χ1n) is 8.24. The van der Waals surface area contributed by atoms with Gasteiger partial charge in [0.25, 0.3) is 0 Å². The van der Waals surface area contributed by atoms with Crippen LogP contribution in [-0.4, -0.2) is 10.8 Å². The number of nitrogens with zero attached hydrogens (tertiary/aromatic N) is 2. The Morgan fingerprint density at radius 1 is 1.08 bits per heavy atom. The van der Waals surface area contributed by atoms with Gasteiger partial charge in [0, 0.05) is 16.4 Å². The van der Waals surface area contributed by atoms with Crippen molar-refractivity contribution in [2.45, 2.75) is 26.2 Å². The molecule has 0 aliphatic carbocycles. The van der Waals surface area contributed by atoms with E-state index in [4.69, 9.17) is 0 Å². The Bertz CT molecular complexity index is 831. The maximum Gasteiger partial charge on any atom is 0.0639 e. The van der Waals surface area contributed by atoms with Crippen molar-refractivity contribution < 1.29 is 0 Å². The molecule has 24 heavy (non-hydrogen) atoms. The fourth-order valence-electron chi connectivity index (χ4n) is 2.63. The van der Waals surface area contributed by atoms with Gasteiger partial charge >= 0.3 is 0 Å². The van der Waals surface area contributed by atoms with Crippen LogP contribution >= 0.6 is 15.9 Å². The maximum atomic E-state index is 4.63. The van der Waals surface area contributed by atoms with Crippen molar-refractivity contribution in [2.75, 3.05) is 0 Å². The molecule has 0 bridgehead atoms. The third kappa shape index (κ3) is 3.85. The number of hydrogen-bond donors (Lipinski definition) is 0. The molecular formula is C21H21BrN2. The van der Waals surface area contributed by atoms with Crippen LogP contribution < -0.4 is 0 Å². The van der Waals surface area contributed by atoms with Gasteiger partial charge in [-0.15, -0.1) is 0 Å². The minimum Gasteiger partial charge on any atom is -0.316 e. The van der Waals surface area contributed by atoms with Crippen molar-refractivity contribution >= 4 is 27.8 Å². The van der Waals surface area contributed by atoms with Crippen LogP contribution in [0.1, 0.15) is 37.4 Å². The molecule has 2 aromatic carbocycles. The molecule has 1 aromatic heterocycles. The summed E-state index contributed by atoms with van der Waals surface area (Å²) in [6.45, 7) is 4.47. The molecule has 1 atom stereocenters. The Morgan fingerprint density at radius 3 is 2.58 bits per heavy atom. The summed E-state index contributed by atoms with van der Waals surface area (Å²) in [5.41, 5.74) is 4.51. The molecule has 0 fully saturated rings. The van der Waals surface area contributed by atoms with Crippen molar-refractivity contribution in [2.24, 2.45) is 4.99 Å². The topological polar surface area (TPSA) is 17.3 Å². The van der Waals surface area contributed by atoms with E-state index in [1.165, 1.54) is 5.56 Å². The van der Waals surface area contributed by atoms with Gasteiger partial charge in [0.2, 0.25) is 0 Å². The van der Waals surface area contributed by atoms with Gasteiger partial charge in [-0.3, -0.25) is 4.99 Å². The van der Waals surface area contributed by atoms with Crippen LogP contribution in [0, 0.1) is 0 Å². The van der Waals surface area contributed by atoms with E-state index in [-0.39, 0.29) is 0 Å². The molecule has 0 aliphatic rings. The minimum absolute atomic E-state index is 0.594. The van der Waals surface area contributed by atoms with Crippen molar-refractivity contribution in [3.63, 3.8) is 0 Å². The first-order valence-corrected chi connectivity index (χ1v) is 9.04. The Morgan fingerprint density at radius 2 is 1.88 bits per heavy atom. The molecule has 122 valence electrons. The van der Waals surface area contributed by atoms with E-state index in [0.717, 1.165) is 28.0 Å². The van der Waals surface area contributed by atoms with Gasteiger partial charge in [-0.1, -0.05) is 48.0 Å². The minimum atomic E-state index is 0.594. The highest BCUT2D eigenvalue weighted by Crippen LogP contribution is 2.22. The van der Waals surface area contributed by atoms with Crippen LogP contribution in [0.25, 0.3) is 5.69 Å². The van der Waals surface area contributed by atoms with E-state index in [9.17, 15) is 0 Å². The van der Waals surface area contributed by atoms with Gasteiger partial charge in [-0.25, -0.2) is 0 Å². The lowest BCUT2D eigenvalue weighted by molar-refractivity contribution is 0.734. The van der Waals surface area contributed by atoms with Gasteiger partial charge in [0.1, 0.15) is 0 Å². The van der Waals surface area contributed by atoms with Crippen molar-refractivity contribution in [1.82, 2.24) is 4.57 Å². The van der Waals surface area contributed by atoms with E-state index < -0.39 is 0 Å².